The summed E-state index contributed by atoms with van der Waals surface area (Å²) < 4.78 is 0. The third-order valence-corrected chi connectivity index (χ3v) is 2.98. The number of aliphatic hydroxyl groups is 1. The van der Waals surface area contributed by atoms with Gasteiger partial charge in [0.05, 0.1) is 5.70 Å². The van der Waals surface area contributed by atoms with Gasteiger partial charge in [0.1, 0.15) is 6.23 Å². The molecule has 0 radical (unpaired) electrons. The van der Waals surface area contributed by atoms with E-state index in [1.807, 2.05) is 12.2 Å². The number of nitrogens with one attached hydrogen (secondary N) is 2. The van der Waals surface area contributed by atoms with Gasteiger partial charge in [-0.1, -0.05) is 6.08 Å². The minimum atomic E-state index is -0.632. The van der Waals surface area contributed by atoms with Crippen molar-refractivity contribution in [1.29, 1.82) is 0 Å². The van der Waals surface area contributed by atoms with E-state index in [9.17, 15) is 9.90 Å². The number of benzene rings is 1. The molecule has 0 bridgehead atoms. The van der Waals surface area contributed by atoms with E-state index in [0.29, 0.717) is 17.0 Å². The Hall–Kier alpha value is -2.27. The van der Waals surface area contributed by atoms with Crippen molar-refractivity contribution in [2.24, 2.45) is 5.73 Å². The normalized spacial score (nSPS) is 15.9. The fraction of sp³-hybridized carbons (Fsp3) is 0.267. The highest BCUT2D eigenvalue weighted by Crippen LogP contribution is 2.14. The maximum absolute atomic E-state index is 12.1. The van der Waals surface area contributed by atoms with Crippen LogP contribution < -0.4 is 16.4 Å². The van der Waals surface area contributed by atoms with Crippen molar-refractivity contribution in [3.05, 3.63) is 53.4 Å². The lowest BCUT2D eigenvalue weighted by Gasteiger charge is -2.14. The molecule has 0 aliphatic heterocycles. The van der Waals surface area contributed by atoms with E-state index in [0.717, 1.165) is 18.5 Å². The standard InChI is InChI=1S/C15H19N3O2/c1-10(19)17-12-8-6-11(7-9-12)15(20)18-14-5-3-2-4-13(14)16/h3,5-10,17,19H,2,4,16H2,1H3,(H,18,20). The molecule has 1 aliphatic rings. The molecule has 1 amide bonds. The molecule has 0 fully saturated rings. The molecule has 5 nitrogen and oxygen atoms in total. The molecule has 106 valence electrons. The Labute approximate surface area is 118 Å². The maximum Gasteiger partial charge on any atom is 0.255 e. The molecule has 1 aromatic rings. The average Bonchev–Trinajstić information content (AvgIpc) is 2.41. The predicted molar refractivity (Wildman–Crippen MR) is 78.8 cm³/mol. The summed E-state index contributed by atoms with van der Waals surface area (Å²) in [5, 5.41) is 14.9. The molecule has 1 aromatic carbocycles. The Morgan fingerprint density at radius 1 is 1.35 bits per heavy atom. The van der Waals surface area contributed by atoms with Gasteiger partial charge in [-0.3, -0.25) is 4.79 Å². The molecule has 1 aliphatic carbocycles. The minimum absolute atomic E-state index is 0.196. The van der Waals surface area contributed by atoms with E-state index in [1.165, 1.54) is 0 Å². The first-order valence-electron chi connectivity index (χ1n) is 6.57. The Morgan fingerprint density at radius 3 is 2.65 bits per heavy atom. The second-order valence-corrected chi connectivity index (χ2v) is 4.73. The molecule has 20 heavy (non-hydrogen) atoms. The third-order valence-electron chi connectivity index (χ3n) is 2.98. The van der Waals surface area contributed by atoms with Crippen molar-refractivity contribution >= 4 is 11.6 Å². The monoisotopic (exact) mass is 273 g/mol. The van der Waals surface area contributed by atoms with Crippen LogP contribution in [-0.4, -0.2) is 17.2 Å². The van der Waals surface area contributed by atoms with Gasteiger partial charge in [-0.25, -0.2) is 0 Å². The van der Waals surface area contributed by atoms with Crippen LogP contribution in [0.5, 0.6) is 0 Å². The first-order chi connectivity index (χ1) is 9.56. The highest BCUT2D eigenvalue weighted by atomic mass is 16.3. The van der Waals surface area contributed by atoms with Crippen LogP contribution in [0.2, 0.25) is 0 Å². The number of anilines is 1. The second-order valence-electron chi connectivity index (χ2n) is 4.73. The van der Waals surface area contributed by atoms with Crippen molar-refractivity contribution < 1.29 is 9.90 Å². The number of carbonyl (C=O) groups is 1. The summed E-state index contributed by atoms with van der Waals surface area (Å²) in [4.78, 5) is 12.1. The van der Waals surface area contributed by atoms with E-state index in [1.54, 1.807) is 31.2 Å². The van der Waals surface area contributed by atoms with Crippen molar-refractivity contribution in [2.45, 2.75) is 26.0 Å². The lowest BCUT2D eigenvalue weighted by molar-refractivity contribution is 0.0966. The van der Waals surface area contributed by atoms with Crippen LogP contribution in [-0.2, 0) is 0 Å². The smallest absolute Gasteiger partial charge is 0.255 e. The molecule has 0 heterocycles. The summed E-state index contributed by atoms with van der Waals surface area (Å²) in [5.41, 5.74) is 8.54. The van der Waals surface area contributed by atoms with Gasteiger partial charge in [0.2, 0.25) is 0 Å². The largest absolute Gasteiger partial charge is 0.400 e. The zero-order valence-electron chi connectivity index (χ0n) is 11.4. The summed E-state index contributed by atoms with van der Waals surface area (Å²) in [6, 6.07) is 6.89. The lowest BCUT2D eigenvalue weighted by Crippen LogP contribution is -2.25. The molecule has 0 saturated heterocycles. The summed E-state index contributed by atoms with van der Waals surface area (Å²) in [5.74, 6) is -0.196. The quantitative estimate of drug-likeness (QED) is 0.629. The Bertz CT molecular complexity index is 545. The zero-order chi connectivity index (χ0) is 14.5. The summed E-state index contributed by atoms with van der Waals surface area (Å²) in [6.07, 6.45) is 4.86. The van der Waals surface area contributed by atoms with Crippen molar-refractivity contribution in [2.75, 3.05) is 5.32 Å². The predicted octanol–water partition coefficient (Wildman–Crippen LogP) is 1.69. The number of aliphatic hydroxyl groups excluding tert-OH is 1. The Balaban J connectivity index is 2.04. The van der Waals surface area contributed by atoms with Crippen LogP contribution in [0, 0.1) is 0 Å². The van der Waals surface area contributed by atoms with Gasteiger partial charge in [-0.2, -0.15) is 0 Å². The molecular weight excluding hydrogens is 254 g/mol. The molecule has 5 heteroatoms. The third kappa shape index (κ3) is 3.61. The summed E-state index contributed by atoms with van der Waals surface area (Å²) in [7, 11) is 0. The summed E-state index contributed by atoms with van der Waals surface area (Å²) >= 11 is 0. The number of hydrogen-bond donors (Lipinski definition) is 4. The molecule has 2 rings (SSSR count). The number of rotatable bonds is 4. The number of nitrogens with two attached hydrogens (primary N) is 1. The molecule has 0 aromatic heterocycles. The fourth-order valence-corrected chi connectivity index (χ4v) is 1.96. The maximum atomic E-state index is 12.1. The van der Waals surface area contributed by atoms with Crippen molar-refractivity contribution in [3.8, 4) is 0 Å². The van der Waals surface area contributed by atoms with Gasteiger partial charge in [0, 0.05) is 16.9 Å². The van der Waals surface area contributed by atoms with E-state index in [2.05, 4.69) is 10.6 Å². The first kappa shape index (κ1) is 14.1. The van der Waals surface area contributed by atoms with Crippen LogP contribution in [0.4, 0.5) is 5.69 Å². The van der Waals surface area contributed by atoms with Gasteiger partial charge >= 0.3 is 0 Å². The average molecular weight is 273 g/mol. The van der Waals surface area contributed by atoms with Gasteiger partial charge in [0.15, 0.2) is 0 Å². The second kappa shape index (κ2) is 6.25. The number of allylic oxidation sites excluding steroid dienone is 3. The van der Waals surface area contributed by atoms with Crippen molar-refractivity contribution in [1.82, 2.24) is 5.32 Å². The molecule has 0 spiro atoms. The van der Waals surface area contributed by atoms with E-state index in [4.69, 9.17) is 5.73 Å². The van der Waals surface area contributed by atoms with Gasteiger partial charge in [-0.05, 0) is 50.1 Å². The number of carbonyl (C=O) groups excluding carboxylic acids is 1. The first-order valence-corrected chi connectivity index (χ1v) is 6.57. The zero-order valence-corrected chi connectivity index (χ0v) is 11.4. The minimum Gasteiger partial charge on any atom is -0.400 e. The van der Waals surface area contributed by atoms with Crippen LogP contribution in [0.25, 0.3) is 0 Å². The van der Waals surface area contributed by atoms with E-state index < -0.39 is 6.23 Å². The SMILES string of the molecule is CC(O)Nc1ccc(C(=O)NC2=C(N)CCC=C2)cc1. The van der Waals surface area contributed by atoms with Gasteiger partial charge < -0.3 is 21.5 Å². The van der Waals surface area contributed by atoms with Crippen LogP contribution in [0.1, 0.15) is 30.1 Å². The fourth-order valence-electron chi connectivity index (χ4n) is 1.96. The highest BCUT2D eigenvalue weighted by Gasteiger charge is 2.10. The van der Waals surface area contributed by atoms with Crippen LogP contribution >= 0.6 is 0 Å². The summed E-state index contributed by atoms with van der Waals surface area (Å²) in [6.45, 7) is 1.63. The molecule has 1 unspecified atom stereocenters. The Kier molecular flexibility index (Phi) is 4.42. The number of amides is 1. The molecule has 0 saturated carbocycles. The van der Waals surface area contributed by atoms with Gasteiger partial charge in [-0.15, -0.1) is 0 Å². The van der Waals surface area contributed by atoms with Crippen LogP contribution in [0.3, 0.4) is 0 Å². The topological polar surface area (TPSA) is 87.4 Å². The van der Waals surface area contributed by atoms with Gasteiger partial charge in [0.25, 0.3) is 5.91 Å². The van der Waals surface area contributed by atoms with Crippen molar-refractivity contribution in [3.63, 3.8) is 0 Å². The Morgan fingerprint density at radius 2 is 2.05 bits per heavy atom. The molecule has 5 N–H and O–H groups in total. The number of hydrogen-bond acceptors (Lipinski definition) is 4. The van der Waals surface area contributed by atoms with E-state index >= 15 is 0 Å². The highest BCUT2D eigenvalue weighted by molar-refractivity contribution is 5.96. The molecule has 1 atom stereocenters. The van der Waals surface area contributed by atoms with E-state index in [-0.39, 0.29) is 5.91 Å². The lowest BCUT2D eigenvalue weighted by atomic mass is 10.1. The molecular formula is C15H19N3O2. The van der Waals surface area contributed by atoms with Crippen LogP contribution in [0.15, 0.2) is 47.8 Å².